The van der Waals surface area contributed by atoms with Crippen LogP contribution in [-0.4, -0.2) is 88.9 Å². The summed E-state index contributed by atoms with van der Waals surface area (Å²) in [7, 11) is 0. The summed E-state index contributed by atoms with van der Waals surface area (Å²) < 4.78 is -0.0293. The van der Waals surface area contributed by atoms with Gasteiger partial charge in [-0.05, 0) is 37.1 Å². The highest BCUT2D eigenvalue weighted by atomic mass is 32.2. The Morgan fingerprint density at radius 1 is 0.956 bits per heavy atom. The number of carbonyl (C=O) groups excluding carboxylic acids is 3. The van der Waals surface area contributed by atoms with Crippen molar-refractivity contribution in [2.75, 3.05) is 24.6 Å². The van der Waals surface area contributed by atoms with Gasteiger partial charge in [-0.25, -0.2) is 4.68 Å². The van der Waals surface area contributed by atoms with E-state index in [9.17, 15) is 19.5 Å². The summed E-state index contributed by atoms with van der Waals surface area (Å²) in [5, 5.41) is 19.3. The first-order valence-corrected chi connectivity index (χ1v) is 16.5. The first-order valence-electron chi connectivity index (χ1n) is 15.7. The third-order valence-corrected chi connectivity index (χ3v) is 12.0. The predicted octanol–water partition coefficient (Wildman–Crippen LogP) is 3.48. The summed E-state index contributed by atoms with van der Waals surface area (Å²) in [6.45, 7) is 6.63. The molecule has 7 rings (SSSR count). The number of aliphatic hydroxyl groups excluding tert-OH is 1. The molecule has 4 aliphatic heterocycles. The maximum atomic E-state index is 14.9. The molecule has 3 aromatic rings. The summed E-state index contributed by atoms with van der Waals surface area (Å²) in [6.07, 6.45) is 8.76. The van der Waals surface area contributed by atoms with Gasteiger partial charge < -0.3 is 19.8 Å². The van der Waals surface area contributed by atoms with E-state index >= 15 is 0 Å². The van der Waals surface area contributed by atoms with E-state index in [1.807, 2.05) is 93.6 Å². The second-order valence-electron chi connectivity index (χ2n) is 12.7. The SMILES string of the molecule is CC[C@H](C)[C@H](CO)N1C(=O)[C@@H]2[C@H]3C(=O)N(c4ccccc4)CC=C[C@@]3(C)S[C@@]23C=CCN(Cn2nnc4ccccc42)C(=O)C13. The van der Waals surface area contributed by atoms with E-state index in [0.29, 0.717) is 13.1 Å². The Labute approximate surface area is 266 Å². The van der Waals surface area contributed by atoms with Crippen LogP contribution in [0.4, 0.5) is 5.69 Å². The third-order valence-electron chi connectivity index (χ3n) is 10.2. The van der Waals surface area contributed by atoms with E-state index in [0.717, 1.165) is 23.1 Å². The molecular weight excluding hydrogens is 588 g/mol. The van der Waals surface area contributed by atoms with E-state index in [4.69, 9.17) is 0 Å². The average molecular weight is 627 g/mol. The van der Waals surface area contributed by atoms with Gasteiger partial charge in [0.15, 0.2) is 0 Å². The van der Waals surface area contributed by atoms with E-state index in [1.165, 1.54) is 0 Å². The second-order valence-corrected chi connectivity index (χ2v) is 14.5. The molecule has 0 saturated carbocycles. The van der Waals surface area contributed by atoms with Crippen LogP contribution in [0.15, 0.2) is 78.9 Å². The second kappa shape index (κ2) is 11.1. The minimum absolute atomic E-state index is 0.0653. The van der Waals surface area contributed by atoms with E-state index in [2.05, 4.69) is 16.4 Å². The summed E-state index contributed by atoms with van der Waals surface area (Å²) in [6, 6.07) is 15.6. The quantitative estimate of drug-likeness (QED) is 0.400. The van der Waals surface area contributed by atoms with Gasteiger partial charge in [-0.2, -0.15) is 0 Å². The van der Waals surface area contributed by atoms with Gasteiger partial charge in [0.1, 0.15) is 18.2 Å². The number of hydrogen-bond acceptors (Lipinski definition) is 7. The lowest BCUT2D eigenvalue weighted by molar-refractivity contribution is -0.147. The first kappa shape index (κ1) is 29.7. The number of fused-ring (bicyclic) bond motifs is 3. The number of hydrogen-bond donors (Lipinski definition) is 1. The van der Waals surface area contributed by atoms with Gasteiger partial charge in [-0.1, -0.05) is 80.1 Å². The number of para-hydroxylation sites is 2. The molecule has 0 bridgehead atoms. The molecule has 5 heterocycles. The molecule has 3 amide bonds. The molecule has 45 heavy (non-hydrogen) atoms. The molecule has 1 spiro atoms. The Hall–Kier alpha value is -3.96. The Morgan fingerprint density at radius 3 is 2.44 bits per heavy atom. The van der Waals surface area contributed by atoms with Crippen LogP contribution in [0.5, 0.6) is 0 Å². The highest BCUT2D eigenvalue weighted by Crippen LogP contribution is 2.66. The number of thioether (sulfide) groups is 1. The number of carbonyl (C=O) groups is 3. The van der Waals surface area contributed by atoms with E-state index in [1.54, 1.807) is 31.1 Å². The lowest BCUT2D eigenvalue weighted by atomic mass is 9.74. The van der Waals surface area contributed by atoms with Gasteiger partial charge in [-0.3, -0.25) is 14.4 Å². The van der Waals surface area contributed by atoms with Gasteiger partial charge in [0.05, 0.1) is 34.7 Å². The molecule has 2 fully saturated rings. The molecule has 1 aromatic heterocycles. The Balaban J connectivity index is 1.34. The number of rotatable bonds is 7. The van der Waals surface area contributed by atoms with Crippen molar-refractivity contribution >= 4 is 46.2 Å². The number of likely N-dealkylation sites (tertiary alicyclic amines) is 1. The Morgan fingerprint density at radius 2 is 1.69 bits per heavy atom. The number of amides is 3. The van der Waals surface area contributed by atoms with Crippen LogP contribution in [-0.2, 0) is 21.1 Å². The van der Waals surface area contributed by atoms with Crippen LogP contribution < -0.4 is 4.90 Å². The third kappa shape index (κ3) is 4.46. The molecule has 7 atom stereocenters. The number of anilines is 1. The number of aliphatic hydroxyl groups is 1. The number of benzene rings is 2. The van der Waals surface area contributed by atoms with Crippen molar-refractivity contribution < 1.29 is 19.5 Å². The molecule has 0 aliphatic carbocycles. The summed E-state index contributed by atoms with van der Waals surface area (Å²) in [5.41, 5.74) is 2.31. The Kier molecular flexibility index (Phi) is 7.36. The van der Waals surface area contributed by atoms with E-state index in [-0.39, 0.29) is 36.9 Å². The van der Waals surface area contributed by atoms with Gasteiger partial charge in [0.2, 0.25) is 17.7 Å². The molecule has 1 N–H and O–H groups in total. The minimum atomic E-state index is -1.01. The largest absolute Gasteiger partial charge is 0.394 e. The zero-order valence-corrected chi connectivity index (χ0v) is 26.5. The smallest absolute Gasteiger partial charge is 0.248 e. The lowest BCUT2D eigenvalue weighted by Crippen LogP contribution is -2.58. The molecule has 1 unspecified atom stereocenters. The van der Waals surface area contributed by atoms with Gasteiger partial charge in [0.25, 0.3) is 0 Å². The predicted molar refractivity (Wildman–Crippen MR) is 173 cm³/mol. The molecule has 0 radical (unpaired) electrons. The Bertz CT molecular complexity index is 1710. The van der Waals surface area contributed by atoms with Crippen LogP contribution in [0.2, 0.25) is 0 Å². The highest BCUT2D eigenvalue weighted by Gasteiger charge is 2.74. The van der Waals surface area contributed by atoms with Crippen molar-refractivity contribution in [2.45, 2.75) is 55.4 Å². The lowest BCUT2D eigenvalue weighted by Gasteiger charge is -2.41. The van der Waals surface area contributed by atoms with Crippen molar-refractivity contribution in [3.63, 3.8) is 0 Å². The molecular formula is C34H38N6O4S. The fourth-order valence-corrected chi connectivity index (χ4v) is 9.97. The van der Waals surface area contributed by atoms with Crippen molar-refractivity contribution in [1.82, 2.24) is 24.8 Å². The molecule has 2 saturated heterocycles. The standard InChI is InChI=1S/C34H38N6O4S/c1-4-22(2)26(20-41)40-29-32(44)37(21-39-25-15-9-8-14-24(25)35-36-39)18-11-17-34(29)28(31(40)43)27-30(42)38(23-12-6-5-7-13-23)19-10-16-33(27,3)45-34/h5-17,22,26-29,41H,4,18-21H2,1-3H3/t22-,26-,27-,28-,29?,33+,34-/m0/s1. The van der Waals surface area contributed by atoms with Gasteiger partial charge in [-0.15, -0.1) is 16.9 Å². The number of nitrogens with zero attached hydrogens (tertiary/aromatic N) is 6. The zero-order chi connectivity index (χ0) is 31.5. The molecule has 10 nitrogen and oxygen atoms in total. The molecule has 4 aliphatic rings. The first-order chi connectivity index (χ1) is 21.7. The fraction of sp³-hybridized carbons (Fsp3) is 0.441. The van der Waals surface area contributed by atoms with Crippen molar-refractivity contribution in [1.29, 1.82) is 0 Å². The normalized spacial score (nSPS) is 30.7. The zero-order valence-electron chi connectivity index (χ0n) is 25.7. The van der Waals surface area contributed by atoms with Crippen LogP contribution in [0.25, 0.3) is 11.0 Å². The van der Waals surface area contributed by atoms with E-state index < -0.39 is 33.4 Å². The van der Waals surface area contributed by atoms with Crippen LogP contribution in [0, 0.1) is 17.8 Å². The van der Waals surface area contributed by atoms with Crippen molar-refractivity contribution in [3.8, 4) is 0 Å². The topological polar surface area (TPSA) is 112 Å². The van der Waals surface area contributed by atoms with Gasteiger partial charge >= 0.3 is 0 Å². The van der Waals surface area contributed by atoms with Crippen LogP contribution >= 0.6 is 11.8 Å². The maximum absolute atomic E-state index is 14.9. The average Bonchev–Trinajstić information content (AvgIpc) is 3.58. The van der Waals surface area contributed by atoms with Crippen molar-refractivity contribution in [3.05, 3.63) is 78.9 Å². The van der Waals surface area contributed by atoms with Gasteiger partial charge in [0, 0.05) is 23.5 Å². The summed E-state index contributed by atoms with van der Waals surface area (Å²) >= 11 is 1.55. The van der Waals surface area contributed by atoms with Crippen LogP contribution in [0.1, 0.15) is 27.2 Å². The summed E-state index contributed by atoms with van der Waals surface area (Å²) in [4.78, 5) is 49.5. The van der Waals surface area contributed by atoms with Crippen molar-refractivity contribution in [2.24, 2.45) is 17.8 Å². The molecule has 11 heteroatoms. The maximum Gasteiger partial charge on any atom is 0.248 e. The summed E-state index contributed by atoms with van der Waals surface area (Å²) in [5.74, 6) is -2.16. The van der Waals surface area contributed by atoms with Crippen LogP contribution in [0.3, 0.4) is 0 Å². The minimum Gasteiger partial charge on any atom is -0.394 e. The molecule has 2 aromatic carbocycles. The monoisotopic (exact) mass is 626 g/mol. The highest BCUT2D eigenvalue weighted by molar-refractivity contribution is 8.02. The molecule has 234 valence electrons. The number of aromatic nitrogens is 3. The fourth-order valence-electron chi connectivity index (χ4n) is 7.83.